The molecule has 1 aromatic heterocycles. The monoisotopic (exact) mass is 518 g/mol. The maximum atomic E-state index is 13.6. The molecule has 14 nitrogen and oxygen atoms in total. The number of H-pyrrole nitrogens is 1. The highest BCUT2D eigenvalue weighted by Crippen LogP contribution is 2.26. The second kappa shape index (κ2) is 14.2. The van der Waals surface area contributed by atoms with E-state index in [9.17, 15) is 19.2 Å². The first-order valence-electron chi connectivity index (χ1n) is 13.0. The van der Waals surface area contributed by atoms with Gasteiger partial charge in [0.15, 0.2) is 11.8 Å². The number of nitrogens with zero attached hydrogens (tertiary/aromatic N) is 5. The lowest BCUT2D eigenvalue weighted by atomic mass is 9.87. The number of tetrazole rings is 1. The number of aromatic amines is 1. The summed E-state index contributed by atoms with van der Waals surface area (Å²) in [5, 5.41) is 19.3. The molecule has 3 atom stereocenters. The quantitative estimate of drug-likeness (QED) is 0.0928. The van der Waals surface area contributed by atoms with Crippen molar-refractivity contribution in [1.82, 2.24) is 36.2 Å². The van der Waals surface area contributed by atoms with Crippen molar-refractivity contribution in [3.8, 4) is 0 Å². The van der Waals surface area contributed by atoms with Crippen LogP contribution in [0, 0.1) is 5.92 Å². The fraction of sp³-hybridized carbons (Fsp3) is 0.739. The van der Waals surface area contributed by atoms with Crippen LogP contribution in [0.25, 0.3) is 0 Å². The second-order valence-corrected chi connectivity index (χ2v) is 9.75. The van der Waals surface area contributed by atoms with Crippen molar-refractivity contribution in [2.45, 2.75) is 88.8 Å². The summed E-state index contributed by atoms with van der Waals surface area (Å²) in [4.78, 5) is 56.3. The lowest BCUT2D eigenvalue weighted by Gasteiger charge is -2.29. The molecule has 0 bridgehead atoms. The molecule has 1 saturated carbocycles. The van der Waals surface area contributed by atoms with E-state index < -0.39 is 24.0 Å². The third-order valence-electron chi connectivity index (χ3n) is 6.91. The number of hydrogen-bond donors (Lipinski definition) is 5. The molecule has 1 aromatic rings. The van der Waals surface area contributed by atoms with Crippen molar-refractivity contribution in [2.75, 3.05) is 13.1 Å². The molecule has 0 spiro atoms. The highest BCUT2D eigenvalue weighted by Gasteiger charge is 2.38. The van der Waals surface area contributed by atoms with Gasteiger partial charge in [-0.2, -0.15) is 5.21 Å². The number of carbonyl (C=O) groups excluding carboxylic acids is 4. The van der Waals surface area contributed by atoms with Crippen LogP contribution in [0.2, 0.25) is 0 Å². The number of nitrogens with two attached hydrogens (primary N) is 2. The number of likely N-dealkylation sites (tertiary alicyclic amines) is 1. The van der Waals surface area contributed by atoms with Gasteiger partial charge in [0, 0.05) is 25.9 Å². The average Bonchev–Trinajstić information content (AvgIpc) is 3.58. The molecule has 2 aliphatic rings. The Hall–Kier alpha value is -3.58. The van der Waals surface area contributed by atoms with Gasteiger partial charge in [-0.3, -0.25) is 19.4 Å². The van der Waals surface area contributed by atoms with Crippen molar-refractivity contribution in [2.24, 2.45) is 22.4 Å². The van der Waals surface area contributed by atoms with Crippen LogP contribution in [0.15, 0.2) is 4.99 Å². The standard InChI is InChI=1S/C23H38N10O4/c24-23(25)26-10-4-8-16(14-34)27-21(36)18-9-5-11-33(18)22(37)17(13-19-29-31-32-30-19)28-20(35)12-15-6-2-1-3-7-15/h14-18H,1-13H2,(H,27,36)(H,28,35)(H4,24,25,26)(H,29,30,31,32)/t16-,17-,18+/m1/s1. The maximum absolute atomic E-state index is 13.6. The van der Waals surface area contributed by atoms with E-state index in [0.717, 1.165) is 25.7 Å². The molecule has 3 amide bonds. The third-order valence-corrected chi connectivity index (χ3v) is 6.91. The second-order valence-electron chi connectivity index (χ2n) is 9.75. The van der Waals surface area contributed by atoms with Crippen LogP contribution < -0.4 is 22.1 Å². The lowest BCUT2D eigenvalue weighted by Crippen LogP contribution is -2.55. The molecule has 0 unspecified atom stereocenters. The predicted molar refractivity (Wildman–Crippen MR) is 134 cm³/mol. The van der Waals surface area contributed by atoms with Gasteiger partial charge in [0.2, 0.25) is 17.7 Å². The fourth-order valence-electron chi connectivity index (χ4n) is 5.03. The van der Waals surface area contributed by atoms with Crippen molar-refractivity contribution in [1.29, 1.82) is 0 Å². The number of guanidine groups is 1. The Balaban J connectivity index is 1.62. The molecule has 14 heteroatoms. The van der Waals surface area contributed by atoms with Crippen LogP contribution in [0.1, 0.15) is 70.0 Å². The Kier molecular flexibility index (Phi) is 10.8. The largest absolute Gasteiger partial charge is 0.370 e. The van der Waals surface area contributed by atoms with Gasteiger partial charge in [-0.25, -0.2) is 0 Å². The summed E-state index contributed by atoms with van der Waals surface area (Å²) in [6.07, 6.45) is 8.49. The van der Waals surface area contributed by atoms with E-state index in [0.29, 0.717) is 63.2 Å². The molecular formula is C23H38N10O4. The first-order chi connectivity index (χ1) is 17.9. The van der Waals surface area contributed by atoms with Gasteiger partial charge in [-0.05, 0) is 44.4 Å². The van der Waals surface area contributed by atoms with E-state index in [-0.39, 0.29) is 24.2 Å². The molecule has 37 heavy (non-hydrogen) atoms. The van der Waals surface area contributed by atoms with E-state index in [1.807, 2.05) is 0 Å². The van der Waals surface area contributed by atoms with Crippen LogP contribution >= 0.6 is 0 Å². The number of aldehydes is 1. The lowest BCUT2D eigenvalue weighted by molar-refractivity contribution is -0.142. The molecule has 0 aromatic carbocycles. The van der Waals surface area contributed by atoms with Gasteiger partial charge in [-0.1, -0.05) is 24.5 Å². The fourth-order valence-corrected chi connectivity index (χ4v) is 5.03. The summed E-state index contributed by atoms with van der Waals surface area (Å²) in [6.45, 7) is 0.712. The van der Waals surface area contributed by atoms with Gasteiger partial charge in [0.1, 0.15) is 18.4 Å². The van der Waals surface area contributed by atoms with Crippen molar-refractivity contribution in [3.05, 3.63) is 5.82 Å². The van der Waals surface area contributed by atoms with Crippen LogP contribution in [0.4, 0.5) is 0 Å². The number of aromatic nitrogens is 4. The highest BCUT2D eigenvalue weighted by molar-refractivity contribution is 5.93. The molecule has 204 valence electrons. The molecule has 2 heterocycles. The Labute approximate surface area is 215 Å². The van der Waals surface area contributed by atoms with E-state index in [1.54, 1.807) is 0 Å². The van der Waals surface area contributed by atoms with E-state index in [1.165, 1.54) is 11.3 Å². The zero-order valence-electron chi connectivity index (χ0n) is 21.1. The maximum Gasteiger partial charge on any atom is 0.246 e. The van der Waals surface area contributed by atoms with Crippen LogP contribution in [-0.2, 0) is 25.6 Å². The first-order valence-corrected chi connectivity index (χ1v) is 13.0. The number of rotatable bonds is 13. The molecule has 7 N–H and O–H groups in total. The van der Waals surface area contributed by atoms with E-state index in [2.05, 4.69) is 36.3 Å². The zero-order valence-corrected chi connectivity index (χ0v) is 21.1. The third kappa shape index (κ3) is 8.79. The topological polar surface area (TPSA) is 214 Å². The molecule has 1 aliphatic heterocycles. The van der Waals surface area contributed by atoms with E-state index in [4.69, 9.17) is 11.5 Å². The SMILES string of the molecule is NC(N)=NCCC[C@H](C=O)NC(=O)[C@@H]1CCCN1C(=O)[C@@H](Cc1nn[nH]n1)NC(=O)CC1CCCCC1. The number of carbonyl (C=O) groups is 4. The van der Waals surface area contributed by atoms with Crippen LogP contribution in [0.3, 0.4) is 0 Å². The van der Waals surface area contributed by atoms with Gasteiger partial charge in [0.05, 0.1) is 6.04 Å². The zero-order chi connectivity index (χ0) is 26.6. The normalized spacial score (nSPS) is 19.6. The number of amides is 3. The van der Waals surface area contributed by atoms with Crippen LogP contribution in [0.5, 0.6) is 0 Å². The molecule has 3 rings (SSSR count). The van der Waals surface area contributed by atoms with Crippen molar-refractivity contribution >= 4 is 30.0 Å². The first kappa shape index (κ1) is 28.0. The predicted octanol–water partition coefficient (Wildman–Crippen LogP) is -1.07. The molecule has 2 fully saturated rings. The average molecular weight is 519 g/mol. The Morgan fingerprint density at radius 3 is 2.59 bits per heavy atom. The van der Waals surface area contributed by atoms with Crippen LogP contribution in [-0.4, -0.2) is 86.7 Å². The summed E-state index contributed by atoms with van der Waals surface area (Å²) in [6, 6.07) is -2.39. The summed E-state index contributed by atoms with van der Waals surface area (Å²) < 4.78 is 0. The molecule has 0 radical (unpaired) electrons. The van der Waals surface area contributed by atoms with Gasteiger partial charge < -0.3 is 31.8 Å². The molecule has 1 aliphatic carbocycles. The Bertz CT molecular complexity index is 928. The minimum Gasteiger partial charge on any atom is -0.370 e. The minimum atomic E-state index is -0.927. The van der Waals surface area contributed by atoms with E-state index >= 15 is 0 Å². The molecule has 1 saturated heterocycles. The van der Waals surface area contributed by atoms with Gasteiger partial charge >= 0.3 is 0 Å². The van der Waals surface area contributed by atoms with Crippen molar-refractivity contribution in [3.63, 3.8) is 0 Å². The smallest absolute Gasteiger partial charge is 0.246 e. The van der Waals surface area contributed by atoms with Gasteiger partial charge in [0.25, 0.3) is 0 Å². The summed E-state index contributed by atoms with van der Waals surface area (Å²) in [5.41, 5.74) is 10.6. The Morgan fingerprint density at radius 2 is 1.92 bits per heavy atom. The number of nitrogens with one attached hydrogen (secondary N) is 3. The highest BCUT2D eigenvalue weighted by atomic mass is 16.2. The van der Waals surface area contributed by atoms with Crippen molar-refractivity contribution < 1.29 is 19.2 Å². The summed E-state index contributed by atoms with van der Waals surface area (Å²) in [5.74, 6) is -0.416. The van der Waals surface area contributed by atoms with Gasteiger partial charge in [-0.15, -0.1) is 10.2 Å². The number of aliphatic imine (C=N–C) groups is 1. The minimum absolute atomic E-state index is 0.0343. The summed E-state index contributed by atoms with van der Waals surface area (Å²) in [7, 11) is 0. The number of hydrogen-bond acceptors (Lipinski definition) is 8. The Morgan fingerprint density at radius 1 is 1.14 bits per heavy atom. The molecular weight excluding hydrogens is 480 g/mol. The summed E-state index contributed by atoms with van der Waals surface area (Å²) >= 11 is 0.